The summed E-state index contributed by atoms with van der Waals surface area (Å²) in [4.78, 5) is 11.0. The number of nitrogens with zero attached hydrogens (tertiary/aromatic N) is 1. The molecule has 0 radical (unpaired) electrons. The van der Waals surface area contributed by atoms with Crippen molar-refractivity contribution in [2.75, 3.05) is 20.2 Å². The Labute approximate surface area is 123 Å². The number of halogens is 1. The van der Waals surface area contributed by atoms with Gasteiger partial charge in [-0.1, -0.05) is 11.6 Å². The first kappa shape index (κ1) is 15.3. The largest absolute Gasteiger partial charge is 0.495 e. The molecule has 1 fully saturated rings. The van der Waals surface area contributed by atoms with Gasteiger partial charge in [0, 0.05) is 30.1 Å². The van der Waals surface area contributed by atoms with Gasteiger partial charge in [-0.25, -0.2) is 8.42 Å². The van der Waals surface area contributed by atoms with Crippen LogP contribution in [0.3, 0.4) is 0 Å². The van der Waals surface area contributed by atoms with E-state index in [1.54, 1.807) is 0 Å². The molecule has 1 unspecified atom stereocenters. The molecule has 1 aromatic carbocycles. The van der Waals surface area contributed by atoms with E-state index >= 15 is 0 Å². The predicted octanol–water partition coefficient (Wildman–Crippen LogP) is 1.95. The fourth-order valence-corrected chi connectivity index (χ4v) is 4.13. The van der Waals surface area contributed by atoms with Crippen LogP contribution in [0.15, 0.2) is 23.1 Å². The first-order valence-corrected chi connectivity index (χ1v) is 8.10. The normalized spacial score (nSPS) is 20.6. The monoisotopic (exact) mass is 317 g/mol. The molecule has 1 saturated heterocycles. The maximum atomic E-state index is 12.6. The van der Waals surface area contributed by atoms with Gasteiger partial charge in [-0.15, -0.1) is 0 Å². The minimum Gasteiger partial charge on any atom is -0.495 e. The molecule has 2 rings (SSSR count). The number of piperidine rings is 1. The number of benzene rings is 1. The minimum atomic E-state index is -3.67. The van der Waals surface area contributed by atoms with Gasteiger partial charge in [-0.05, 0) is 25.0 Å². The second kappa shape index (κ2) is 6.11. The summed E-state index contributed by atoms with van der Waals surface area (Å²) in [5, 5.41) is 0.408. The summed E-state index contributed by atoms with van der Waals surface area (Å²) < 4.78 is 31.7. The molecule has 110 valence electrons. The van der Waals surface area contributed by atoms with Crippen LogP contribution in [0, 0.1) is 5.92 Å². The third-order valence-corrected chi connectivity index (χ3v) is 5.50. The van der Waals surface area contributed by atoms with Gasteiger partial charge in [0.05, 0.1) is 7.11 Å². The van der Waals surface area contributed by atoms with Crippen molar-refractivity contribution < 1.29 is 17.9 Å². The Kier molecular flexibility index (Phi) is 4.67. The molecule has 1 heterocycles. The van der Waals surface area contributed by atoms with Gasteiger partial charge in [0.25, 0.3) is 0 Å². The summed E-state index contributed by atoms with van der Waals surface area (Å²) in [6, 6.07) is 4.41. The smallest absolute Gasteiger partial charge is 0.246 e. The molecule has 0 aliphatic carbocycles. The summed E-state index contributed by atoms with van der Waals surface area (Å²) in [5.41, 5.74) is 0. The molecule has 1 aliphatic rings. The van der Waals surface area contributed by atoms with Crippen LogP contribution >= 0.6 is 11.6 Å². The van der Waals surface area contributed by atoms with E-state index < -0.39 is 10.0 Å². The molecule has 1 atom stereocenters. The lowest BCUT2D eigenvalue weighted by Crippen LogP contribution is -2.40. The highest BCUT2D eigenvalue weighted by molar-refractivity contribution is 7.89. The van der Waals surface area contributed by atoms with Gasteiger partial charge in [-0.3, -0.25) is 0 Å². The number of carbonyl (C=O) groups excluding carboxylic acids is 1. The van der Waals surface area contributed by atoms with Crippen molar-refractivity contribution in [2.45, 2.75) is 17.7 Å². The molecule has 0 spiro atoms. The predicted molar refractivity (Wildman–Crippen MR) is 75.6 cm³/mol. The summed E-state index contributed by atoms with van der Waals surface area (Å²) in [7, 11) is -2.28. The molecule has 0 saturated carbocycles. The van der Waals surface area contributed by atoms with Gasteiger partial charge in [0.2, 0.25) is 10.0 Å². The highest BCUT2D eigenvalue weighted by atomic mass is 35.5. The molecular weight excluding hydrogens is 302 g/mol. The van der Waals surface area contributed by atoms with E-state index in [1.165, 1.54) is 29.6 Å². The molecule has 0 amide bonds. The first-order chi connectivity index (χ1) is 9.48. The van der Waals surface area contributed by atoms with Crippen LogP contribution in [0.25, 0.3) is 0 Å². The molecule has 1 aromatic rings. The topological polar surface area (TPSA) is 63.7 Å². The van der Waals surface area contributed by atoms with Gasteiger partial charge < -0.3 is 9.53 Å². The minimum absolute atomic E-state index is 0.0796. The van der Waals surface area contributed by atoms with Crippen LogP contribution in [-0.2, 0) is 14.8 Å². The van der Waals surface area contributed by atoms with E-state index in [9.17, 15) is 13.2 Å². The third-order valence-electron chi connectivity index (χ3n) is 3.36. The highest BCUT2D eigenvalue weighted by Gasteiger charge is 2.32. The fourth-order valence-electron chi connectivity index (χ4n) is 2.30. The van der Waals surface area contributed by atoms with E-state index in [-0.39, 0.29) is 23.1 Å². The van der Waals surface area contributed by atoms with Crippen molar-refractivity contribution in [3.05, 3.63) is 23.2 Å². The number of rotatable bonds is 4. The second-order valence-corrected chi connectivity index (χ2v) is 7.04. The summed E-state index contributed by atoms with van der Waals surface area (Å²) in [6.45, 7) is 0.635. The lowest BCUT2D eigenvalue weighted by Gasteiger charge is -2.29. The zero-order chi connectivity index (χ0) is 14.8. The number of sulfonamides is 1. The van der Waals surface area contributed by atoms with E-state index in [4.69, 9.17) is 16.3 Å². The Morgan fingerprint density at radius 2 is 2.20 bits per heavy atom. The van der Waals surface area contributed by atoms with E-state index in [2.05, 4.69) is 0 Å². The molecule has 1 aliphatic heterocycles. The second-order valence-electron chi connectivity index (χ2n) is 4.70. The Hall–Kier alpha value is -1.11. The van der Waals surface area contributed by atoms with E-state index in [0.717, 1.165) is 12.7 Å². The first-order valence-electron chi connectivity index (χ1n) is 6.28. The number of methoxy groups -OCH3 is 1. The number of ether oxygens (including phenoxy) is 1. The molecule has 7 heteroatoms. The average Bonchev–Trinajstić information content (AvgIpc) is 2.46. The number of hydrogen-bond donors (Lipinski definition) is 0. The third kappa shape index (κ3) is 2.97. The lowest BCUT2D eigenvalue weighted by molar-refractivity contribution is -0.112. The summed E-state index contributed by atoms with van der Waals surface area (Å²) in [6.07, 6.45) is 2.23. The lowest BCUT2D eigenvalue weighted by atomic mass is 10.0. The molecule has 0 aromatic heterocycles. The zero-order valence-electron chi connectivity index (χ0n) is 11.1. The van der Waals surface area contributed by atoms with Crippen LogP contribution in [0.4, 0.5) is 0 Å². The Morgan fingerprint density at radius 1 is 1.45 bits per heavy atom. The van der Waals surface area contributed by atoms with Crippen LogP contribution in [0.5, 0.6) is 5.75 Å². The Balaban J connectivity index is 2.37. The van der Waals surface area contributed by atoms with Gasteiger partial charge in [-0.2, -0.15) is 4.31 Å². The standard InChI is InChI=1S/C13H16ClNO4S/c1-19-12-7-11(14)4-5-13(12)20(17,18)15-6-2-3-10(8-15)9-16/h4-5,7,9-10H,2-3,6,8H2,1H3. The van der Waals surface area contributed by atoms with Crippen LogP contribution < -0.4 is 4.74 Å². The maximum absolute atomic E-state index is 12.6. The van der Waals surface area contributed by atoms with Crippen molar-refractivity contribution >= 4 is 27.9 Å². The van der Waals surface area contributed by atoms with Crippen molar-refractivity contribution in [1.29, 1.82) is 0 Å². The van der Waals surface area contributed by atoms with Crippen molar-refractivity contribution in [2.24, 2.45) is 5.92 Å². The number of carbonyl (C=O) groups is 1. The van der Waals surface area contributed by atoms with Gasteiger partial charge >= 0.3 is 0 Å². The molecular formula is C13H16ClNO4S. The summed E-state index contributed by atoms with van der Waals surface area (Å²) in [5.74, 6) is -0.0254. The Bertz CT molecular complexity index is 602. The SMILES string of the molecule is COc1cc(Cl)ccc1S(=O)(=O)N1CCCC(C=O)C1. The molecule has 20 heavy (non-hydrogen) atoms. The highest BCUT2D eigenvalue weighted by Crippen LogP contribution is 2.31. The average molecular weight is 318 g/mol. The van der Waals surface area contributed by atoms with E-state index in [0.29, 0.717) is 18.0 Å². The fraction of sp³-hybridized carbons (Fsp3) is 0.462. The molecule has 0 bridgehead atoms. The van der Waals surface area contributed by atoms with Crippen LogP contribution in [0.2, 0.25) is 5.02 Å². The molecule has 0 N–H and O–H groups in total. The van der Waals surface area contributed by atoms with Gasteiger partial charge in [0.1, 0.15) is 16.9 Å². The van der Waals surface area contributed by atoms with Crippen molar-refractivity contribution in [3.63, 3.8) is 0 Å². The molecule has 5 nitrogen and oxygen atoms in total. The van der Waals surface area contributed by atoms with Crippen LogP contribution in [0.1, 0.15) is 12.8 Å². The number of aldehydes is 1. The number of hydrogen-bond acceptors (Lipinski definition) is 4. The zero-order valence-corrected chi connectivity index (χ0v) is 12.7. The van der Waals surface area contributed by atoms with E-state index in [1.807, 2.05) is 0 Å². The summed E-state index contributed by atoms with van der Waals surface area (Å²) >= 11 is 5.84. The maximum Gasteiger partial charge on any atom is 0.246 e. The Morgan fingerprint density at radius 3 is 2.85 bits per heavy atom. The van der Waals surface area contributed by atoms with Gasteiger partial charge in [0.15, 0.2) is 0 Å². The van der Waals surface area contributed by atoms with Crippen molar-refractivity contribution in [1.82, 2.24) is 4.31 Å². The van der Waals surface area contributed by atoms with Crippen molar-refractivity contribution in [3.8, 4) is 5.75 Å². The van der Waals surface area contributed by atoms with Crippen LogP contribution in [-0.4, -0.2) is 39.2 Å². The quantitative estimate of drug-likeness (QED) is 0.796.